The quantitative estimate of drug-likeness (QED) is 0.780. The van der Waals surface area contributed by atoms with Gasteiger partial charge in [-0.05, 0) is 36.8 Å². The van der Waals surface area contributed by atoms with Crippen molar-refractivity contribution in [2.45, 2.75) is 13.5 Å². The molecule has 112 valence electrons. The number of carbonyl (C=O) groups excluding carboxylic acids is 1. The molecule has 22 heavy (non-hydrogen) atoms. The molecule has 0 bridgehead atoms. The molecule has 3 rings (SSSR count). The van der Waals surface area contributed by atoms with Crippen LogP contribution in [0.4, 0.5) is 5.69 Å². The summed E-state index contributed by atoms with van der Waals surface area (Å²) in [7, 11) is 0. The molecule has 2 aromatic heterocycles. The Labute approximate surface area is 131 Å². The lowest BCUT2D eigenvalue weighted by atomic mass is 10.2. The zero-order valence-electron chi connectivity index (χ0n) is 11.9. The number of fused-ring (bicyclic) bond motifs is 1. The number of aromatic nitrogens is 2. The highest BCUT2D eigenvalue weighted by Gasteiger charge is 2.10. The number of nitrogens with one attached hydrogen (secondary N) is 2. The fraction of sp³-hybridized carbons (Fsp3) is 0.125. The molecule has 3 aromatic rings. The highest BCUT2D eigenvalue weighted by molar-refractivity contribution is 6.31. The summed E-state index contributed by atoms with van der Waals surface area (Å²) in [5.41, 5.74) is 2.07. The lowest BCUT2D eigenvalue weighted by molar-refractivity contribution is -0.116. The Kier molecular flexibility index (Phi) is 3.73. The standard InChI is InChI=1S/C16H14ClN3O2/c1-10-12(17)3-2-4-13(10)19-15(21)9-20-8-6-11-14(20)5-7-18-16(11)22/h2-8H,9H2,1H3,(H,18,22)(H,19,21). The third-order valence-corrected chi connectivity index (χ3v) is 3.97. The minimum Gasteiger partial charge on any atom is -0.338 e. The van der Waals surface area contributed by atoms with Gasteiger partial charge < -0.3 is 14.9 Å². The number of pyridine rings is 1. The molecule has 0 spiro atoms. The molecule has 0 fully saturated rings. The summed E-state index contributed by atoms with van der Waals surface area (Å²) in [6.45, 7) is 1.97. The number of aromatic amines is 1. The van der Waals surface area contributed by atoms with E-state index in [0.29, 0.717) is 16.1 Å². The average Bonchev–Trinajstić information content (AvgIpc) is 2.88. The number of amides is 1. The number of rotatable bonds is 3. The molecule has 0 radical (unpaired) electrons. The van der Waals surface area contributed by atoms with Crippen molar-refractivity contribution in [1.29, 1.82) is 0 Å². The van der Waals surface area contributed by atoms with Crippen LogP contribution in [0.15, 0.2) is 47.5 Å². The van der Waals surface area contributed by atoms with E-state index < -0.39 is 0 Å². The van der Waals surface area contributed by atoms with E-state index in [2.05, 4.69) is 10.3 Å². The number of anilines is 1. The van der Waals surface area contributed by atoms with E-state index in [4.69, 9.17) is 11.6 Å². The smallest absolute Gasteiger partial charge is 0.257 e. The minimum absolute atomic E-state index is 0.124. The average molecular weight is 316 g/mol. The third-order valence-electron chi connectivity index (χ3n) is 3.56. The van der Waals surface area contributed by atoms with Gasteiger partial charge in [-0.1, -0.05) is 17.7 Å². The Bertz CT molecular complexity index is 911. The zero-order chi connectivity index (χ0) is 15.7. The van der Waals surface area contributed by atoms with Gasteiger partial charge in [0.15, 0.2) is 0 Å². The second-order valence-corrected chi connectivity index (χ2v) is 5.42. The second kappa shape index (κ2) is 5.69. The molecular formula is C16H14ClN3O2. The first-order valence-corrected chi connectivity index (χ1v) is 7.15. The number of nitrogens with zero attached hydrogens (tertiary/aromatic N) is 1. The predicted molar refractivity (Wildman–Crippen MR) is 87.4 cm³/mol. The second-order valence-electron chi connectivity index (χ2n) is 5.01. The summed E-state index contributed by atoms with van der Waals surface area (Å²) in [6, 6.07) is 8.84. The van der Waals surface area contributed by atoms with Crippen LogP contribution in [0.5, 0.6) is 0 Å². The van der Waals surface area contributed by atoms with E-state index in [1.807, 2.05) is 6.92 Å². The number of benzene rings is 1. The molecule has 2 heterocycles. The predicted octanol–water partition coefficient (Wildman–Crippen LogP) is 2.93. The third kappa shape index (κ3) is 2.63. The summed E-state index contributed by atoms with van der Waals surface area (Å²) in [4.78, 5) is 26.5. The van der Waals surface area contributed by atoms with Gasteiger partial charge in [-0.3, -0.25) is 9.59 Å². The number of hydrogen-bond donors (Lipinski definition) is 2. The molecule has 0 saturated carbocycles. The maximum Gasteiger partial charge on any atom is 0.257 e. The monoisotopic (exact) mass is 315 g/mol. The van der Waals surface area contributed by atoms with Gasteiger partial charge in [0, 0.05) is 23.1 Å². The van der Waals surface area contributed by atoms with Crippen LogP contribution in [0.3, 0.4) is 0 Å². The van der Waals surface area contributed by atoms with Crippen LogP contribution in [-0.4, -0.2) is 15.5 Å². The van der Waals surface area contributed by atoms with Crippen molar-refractivity contribution in [1.82, 2.24) is 9.55 Å². The van der Waals surface area contributed by atoms with Crippen molar-refractivity contribution in [3.8, 4) is 0 Å². The van der Waals surface area contributed by atoms with Crippen LogP contribution in [0, 0.1) is 6.92 Å². The SMILES string of the molecule is Cc1c(Cl)cccc1NC(=O)Cn1ccc2c(=O)[nH]ccc21. The van der Waals surface area contributed by atoms with Gasteiger partial charge in [0.25, 0.3) is 5.56 Å². The summed E-state index contributed by atoms with van der Waals surface area (Å²) in [5, 5.41) is 4.01. The first kappa shape index (κ1) is 14.4. The first-order chi connectivity index (χ1) is 10.6. The highest BCUT2D eigenvalue weighted by Crippen LogP contribution is 2.23. The van der Waals surface area contributed by atoms with Crippen LogP contribution in [-0.2, 0) is 11.3 Å². The maximum absolute atomic E-state index is 12.2. The van der Waals surface area contributed by atoms with E-state index in [1.54, 1.807) is 47.3 Å². The topological polar surface area (TPSA) is 66.9 Å². The Hall–Kier alpha value is -2.53. The maximum atomic E-state index is 12.2. The molecule has 1 amide bonds. The number of halogens is 1. The lowest BCUT2D eigenvalue weighted by Crippen LogP contribution is -2.19. The van der Waals surface area contributed by atoms with Crippen molar-refractivity contribution in [3.63, 3.8) is 0 Å². The van der Waals surface area contributed by atoms with Gasteiger partial charge in [-0.2, -0.15) is 0 Å². The largest absolute Gasteiger partial charge is 0.338 e. The van der Waals surface area contributed by atoms with Gasteiger partial charge in [-0.25, -0.2) is 0 Å². The van der Waals surface area contributed by atoms with E-state index in [0.717, 1.165) is 11.1 Å². The van der Waals surface area contributed by atoms with Crippen LogP contribution in [0.2, 0.25) is 5.02 Å². The van der Waals surface area contributed by atoms with E-state index >= 15 is 0 Å². The van der Waals surface area contributed by atoms with Crippen LogP contribution < -0.4 is 10.9 Å². The Morgan fingerprint density at radius 2 is 2.14 bits per heavy atom. The van der Waals surface area contributed by atoms with Gasteiger partial charge in [0.05, 0.1) is 10.9 Å². The Balaban J connectivity index is 1.83. The molecule has 1 aromatic carbocycles. The zero-order valence-corrected chi connectivity index (χ0v) is 12.6. The van der Waals surface area contributed by atoms with Crippen LogP contribution >= 0.6 is 11.6 Å². The van der Waals surface area contributed by atoms with Gasteiger partial charge in [-0.15, -0.1) is 0 Å². The molecule has 0 aliphatic carbocycles. The van der Waals surface area contributed by atoms with Gasteiger partial charge in [0.2, 0.25) is 5.91 Å². The van der Waals surface area contributed by atoms with Crippen molar-refractivity contribution < 1.29 is 4.79 Å². The number of carbonyl (C=O) groups is 1. The van der Waals surface area contributed by atoms with Gasteiger partial charge in [0.1, 0.15) is 6.54 Å². The van der Waals surface area contributed by atoms with Crippen LogP contribution in [0.1, 0.15) is 5.56 Å². The molecular weight excluding hydrogens is 302 g/mol. The molecule has 0 atom stereocenters. The van der Waals surface area contributed by atoms with Crippen LogP contribution in [0.25, 0.3) is 10.9 Å². The van der Waals surface area contributed by atoms with Crippen molar-refractivity contribution in [2.75, 3.05) is 5.32 Å². The first-order valence-electron chi connectivity index (χ1n) is 6.78. The number of hydrogen-bond acceptors (Lipinski definition) is 2. The van der Waals surface area contributed by atoms with E-state index in [9.17, 15) is 9.59 Å². The fourth-order valence-electron chi connectivity index (χ4n) is 2.36. The van der Waals surface area contributed by atoms with Crippen molar-refractivity contribution in [3.05, 3.63) is 63.7 Å². The number of H-pyrrole nitrogens is 1. The lowest BCUT2D eigenvalue weighted by Gasteiger charge is -2.10. The summed E-state index contributed by atoms with van der Waals surface area (Å²) >= 11 is 6.04. The molecule has 0 aliphatic rings. The highest BCUT2D eigenvalue weighted by atomic mass is 35.5. The molecule has 5 nitrogen and oxygen atoms in total. The van der Waals surface area contributed by atoms with E-state index in [-0.39, 0.29) is 18.0 Å². The molecule has 2 N–H and O–H groups in total. The van der Waals surface area contributed by atoms with Crippen molar-refractivity contribution in [2.24, 2.45) is 0 Å². The Morgan fingerprint density at radius 1 is 1.32 bits per heavy atom. The molecule has 6 heteroatoms. The fourth-order valence-corrected chi connectivity index (χ4v) is 2.54. The summed E-state index contributed by atoms with van der Waals surface area (Å²) in [5.74, 6) is -0.178. The molecule has 0 unspecified atom stereocenters. The summed E-state index contributed by atoms with van der Waals surface area (Å²) < 4.78 is 1.74. The van der Waals surface area contributed by atoms with Gasteiger partial charge >= 0.3 is 0 Å². The van der Waals surface area contributed by atoms with Crippen molar-refractivity contribution >= 4 is 34.1 Å². The molecule has 0 saturated heterocycles. The Morgan fingerprint density at radius 3 is 2.95 bits per heavy atom. The normalized spacial score (nSPS) is 10.8. The van der Waals surface area contributed by atoms with E-state index in [1.165, 1.54) is 0 Å². The molecule has 0 aliphatic heterocycles. The minimum atomic E-state index is -0.178. The summed E-state index contributed by atoms with van der Waals surface area (Å²) in [6.07, 6.45) is 3.30.